The number of halogens is 1. The lowest BCUT2D eigenvalue weighted by Gasteiger charge is -2.35. The van der Waals surface area contributed by atoms with E-state index in [9.17, 15) is 9.18 Å². The standard InChI is InChI=1S/C18H22FNO2S/c1-11-7-12(2)9-20(8-11)18(21)17-13(10-22-3)16-14(19)5-4-6-15(16)23-17/h4-6,11-12H,7-10H2,1-3H3/t11-,12-/m0/s1. The van der Waals surface area contributed by atoms with E-state index in [4.69, 9.17) is 4.74 Å². The van der Waals surface area contributed by atoms with Crippen LogP contribution in [-0.2, 0) is 11.3 Å². The van der Waals surface area contributed by atoms with E-state index >= 15 is 0 Å². The Morgan fingerprint density at radius 2 is 2.04 bits per heavy atom. The summed E-state index contributed by atoms with van der Waals surface area (Å²) in [5.74, 6) is 0.723. The first-order valence-electron chi connectivity index (χ1n) is 7.99. The monoisotopic (exact) mass is 335 g/mol. The highest BCUT2D eigenvalue weighted by Crippen LogP contribution is 2.35. The van der Waals surface area contributed by atoms with E-state index in [0.29, 0.717) is 27.7 Å². The fourth-order valence-electron chi connectivity index (χ4n) is 3.59. The van der Waals surface area contributed by atoms with Gasteiger partial charge in [-0.15, -0.1) is 11.3 Å². The smallest absolute Gasteiger partial charge is 0.264 e. The second kappa shape index (κ2) is 6.57. The third-order valence-electron chi connectivity index (χ3n) is 4.40. The van der Waals surface area contributed by atoms with Crippen LogP contribution in [-0.4, -0.2) is 31.0 Å². The number of ether oxygens (including phenoxy) is 1. The molecule has 0 saturated carbocycles. The summed E-state index contributed by atoms with van der Waals surface area (Å²) in [5, 5.41) is 0.529. The van der Waals surface area contributed by atoms with Crippen molar-refractivity contribution in [1.29, 1.82) is 0 Å². The summed E-state index contributed by atoms with van der Waals surface area (Å²) in [6.45, 7) is 6.15. The molecule has 0 unspecified atom stereocenters. The highest BCUT2D eigenvalue weighted by molar-refractivity contribution is 7.21. The van der Waals surface area contributed by atoms with E-state index < -0.39 is 0 Å². The average Bonchev–Trinajstić information content (AvgIpc) is 2.86. The lowest BCUT2D eigenvalue weighted by Crippen LogP contribution is -2.42. The number of carbonyl (C=O) groups is 1. The molecule has 2 atom stereocenters. The Kier molecular flexibility index (Phi) is 4.69. The minimum absolute atomic E-state index is 0.0102. The summed E-state index contributed by atoms with van der Waals surface area (Å²) in [7, 11) is 1.57. The Hall–Kier alpha value is -1.46. The van der Waals surface area contributed by atoms with Crippen LogP contribution in [0.15, 0.2) is 18.2 Å². The first-order valence-corrected chi connectivity index (χ1v) is 8.81. The number of carbonyl (C=O) groups excluding carboxylic acids is 1. The molecule has 1 aromatic heterocycles. The molecule has 1 amide bonds. The minimum atomic E-state index is -0.287. The van der Waals surface area contributed by atoms with E-state index in [1.54, 1.807) is 13.2 Å². The number of hydrogen-bond donors (Lipinski definition) is 0. The molecule has 1 fully saturated rings. The van der Waals surface area contributed by atoms with E-state index in [1.807, 2.05) is 11.0 Å². The molecule has 3 rings (SSSR count). The van der Waals surface area contributed by atoms with Gasteiger partial charge in [-0.1, -0.05) is 19.9 Å². The zero-order chi connectivity index (χ0) is 16.6. The van der Waals surface area contributed by atoms with Crippen LogP contribution in [0.2, 0.25) is 0 Å². The van der Waals surface area contributed by atoms with E-state index in [2.05, 4.69) is 13.8 Å². The summed E-state index contributed by atoms with van der Waals surface area (Å²) < 4.78 is 20.3. The highest BCUT2D eigenvalue weighted by Gasteiger charge is 2.29. The molecule has 2 heterocycles. The normalized spacial score (nSPS) is 21.8. The number of hydrogen-bond acceptors (Lipinski definition) is 3. The number of piperidine rings is 1. The van der Waals surface area contributed by atoms with Crippen molar-refractivity contribution in [3.05, 3.63) is 34.5 Å². The third-order valence-corrected chi connectivity index (χ3v) is 5.59. The maximum Gasteiger partial charge on any atom is 0.264 e. The first kappa shape index (κ1) is 16.4. The number of thiophene rings is 1. The third kappa shape index (κ3) is 3.12. The van der Waals surface area contributed by atoms with Crippen molar-refractivity contribution in [2.45, 2.75) is 26.9 Å². The Bertz CT molecular complexity index is 717. The molecular formula is C18H22FNO2S. The summed E-state index contributed by atoms with van der Waals surface area (Å²) in [4.78, 5) is 15.6. The van der Waals surface area contributed by atoms with Gasteiger partial charge in [-0.3, -0.25) is 4.79 Å². The fourth-order valence-corrected chi connectivity index (χ4v) is 4.78. The maximum absolute atomic E-state index is 14.2. The van der Waals surface area contributed by atoms with Crippen molar-refractivity contribution in [3.63, 3.8) is 0 Å². The van der Waals surface area contributed by atoms with Gasteiger partial charge >= 0.3 is 0 Å². The molecule has 2 aromatic rings. The van der Waals surface area contributed by atoms with Crippen LogP contribution in [0.5, 0.6) is 0 Å². The van der Waals surface area contributed by atoms with Gasteiger partial charge in [0, 0.05) is 35.8 Å². The Balaban J connectivity index is 2.03. The van der Waals surface area contributed by atoms with E-state index in [-0.39, 0.29) is 18.3 Å². The second-order valence-corrected chi connectivity index (χ2v) is 7.66. The largest absolute Gasteiger partial charge is 0.380 e. The highest BCUT2D eigenvalue weighted by atomic mass is 32.1. The zero-order valence-electron chi connectivity index (χ0n) is 13.8. The van der Waals surface area contributed by atoms with Crippen molar-refractivity contribution in [2.75, 3.05) is 20.2 Å². The van der Waals surface area contributed by atoms with Gasteiger partial charge in [0.15, 0.2) is 0 Å². The van der Waals surface area contributed by atoms with Gasteiger partial charge < -0.3 is 9.64 Å². The van der Waals surface area contributed by atoms with Gasteiger partial charge in [0.2, 0.25) is 0 Å². The molecule has 23 heavy (non-hydrogen) atoms. The van der Waals surface area contributed by atoms with Crippen molar-refractivity contribution in [1.82, 2.24) is 4.90 Å². The fraction of sp³-hybridized carbons (Fsp3) is 0.500. The minimum Gasteiger partial charge on any atom is -0.380 e. The number of benzene rings is 1. The molecule has 0 bridgehead atoms. The van der Waals surface area contributed by atoms with Crippen LogP contribution in [0.4, 0.5) is 4.39 Å². The van der Waals surface area contributed by atoms with Gasteiger partial charge in [-0.25, -0.2) is 4.39 Å². The molecule has 124 valence electrons. The molecule has 0 aliphatic carbocycles. The van der Waals surface area contributed by atoms with Crippen LogP contribution in [0.25, 0.3) is 10.1 Å². The Morgan fingerprint density at radius 3 is 2.70 bits per heavy atom. The molecule has 3 nitrogen and oxygen atoms in total. The number of amides is 1. The number of nitrogens with zero attached hydrogens (tertiary/aromatic N) is 1. The first-order chi connectivity index (χ1) is 11.0. The maximum atomic E-state index is 14.2. The summed E-state index contributed by atoms with van der Waals surface area (Å²) in [6.07, 6.45) is 1.15. The number of fused-ring (bicyclic) bond motifs is 1. The van der Waals surface area contributed by atoms with Crippen LogP contribution in [0.1, 0.15) is 35.5 Å². The van der Waals surface area contributed by atoms with Gasteiger partial charge in [-0.2, -0.15) is 0 Å². The molecule has 1 aromatic carbocycles. The number of rotatable bonds is 3. The van der Waals surface area contributed by atoms with Crippen molar-refractivity contribution in [2.24, 2.45) is 11.8 Å². The van der Waals surface area contributed by atoms with Crippen LogP contribution in [0, 0.1) is 17.7 Å². The number of methoxy groups -OCH3 is 1. The van der Waals surface area contributed by atoms with Crippen LogP contribution in [0.3, 0.4) is 0 Å². The molecule has 1 saturated heterocycles. The molecule has 0 spiro atoms. The predicted octanol–water partition coefficient (Wildman–Crippen LogP) is 4.30. The van der Waals surface area contributed by atoms with Gasteiger partial charge in [0.05, 0.1) is 11.5 Å². The topological polar surface area (TPSA) is 29.5 Å². The second-order valence-electron chi connectivity index (χ2n) is 6.61. The Labute approximate surface area is 140 Å². The van der Waals surface area contributed by atoms with Crippen molar-refractivity contribution in [3.8, 4) is 0 Å². The van der Waals surface area contributed by atoms with Gasteiger partial charge in [-0.05, 0) is 30.4 Å². The Morgan fingerprint density at radius 1 is 1.35 bits per heavy atom. The lowest BCUT2D eigenvalue weighted by molar-refractivity contribution is 0.0624. The quantitative estimate of drug-likeness (QED) is 0.837. The van der Waals surface area contributed by atoms with Gasteiger partial charge in [0.25, 0.3) is 5.91 Å². The van der Waals surface area contributed by atoms with Crippen molar-refractivity contribution >= 4 is 27.3 Å². The van der Waals surface area contributed by atoms with Crippen LogP contribution >= 0.6 is 11.3 Å². The van der Waals surface area contributed by atoms with E-state index in [0.717, 1.165) is 24.2 Å². The number of likely N-dealkylation sites (tertiary alicyclic amines) is 1. The summed E-state index contributed by atoms with van der Waals surface area (Å²) in [6, 6.07) is 4.98. The van der Waals surface area contributed by atoms with Crippen molar-refractivity contribution < 1.29 is 13.9 Å². The predicted molar refractivity (Wildman–Crippen MR) is 91.3 cm³/mol. The summed E-state index contributed by atoms with van der Waals surface area (Å²) >= 11 is 1.37. The molecule has 0 radical (unpaired) electrons. The van der Waals surface area contributed by atoms with Gasteiger partial charge in [0.1, 0.15) is 5.82 Å². The lowest BCUT2D eigenvalue weighted by atomic mass is 9.91. The molecule has 0 N–H and O–H groups in total. The average molecular weight is 335 g/mol. The SMILES string of the molecule is COCc1c(C(=O)N2C[C@@H](C)C[C@H](C)C2)sc2cccc(F)c12. The zero-order valence-corrected chi connectivity index (χ0v) is 14.6. The molecule has 1 aliphatic heterocycles. The molecular weight excluding hydrogens is 313 g/mol. The van der Waals surface area contributed by atoms with E-state index in [1.165, 1.54) is 17.4 Å². The summed E-state index contributed by atoms with van der Waals surface area (Å²) in [5.41, 5.74) is 0.682. The van der Waals surface area contributed by atoms with Crippen LogP contribution < -0.4 is 0 Å². The molecule has 5 heteroatoms. The molecule has 1 aliphatic rings.